The summed E-state index contributed by atoms with van der Waals surface area (Å²) in [6.07, 6.45) is 0. The van der Waals surface area contributed by atoms with E-state index in [1.807, 2.05) is 0 Å². The zero-order valence-electron chi connectivity index (χ0n) is 15.2. The van der Waals surface area contributed by atoms with E-state index in [9.17, 15) is 18.7 Å². The third-order valence-corrected chi connectivity index (χ3v) is 4.39. The molecular weight excluding hydrogens is 380 g/mol. The summed E-state index contributed by atoms with van der Waals surface area (Å²) in [6, 6.07) is 14.7. The molecule has 0 unspecified atom stereocenters. The van der Waals surface area contributed by atoms with Crippen molar-refractivity contribution in [1.82, 2.24) is 5.32 Å². The molecule has 4 aromatic rings. The molecule has 3 aromatic carbocycles. The highest BCUT2D eigenvalue weighted by molar-refractivity contribution is 6.11. The lowest BCUT2D eigenvalue weighted by Crippen LogP contribution is -2.18. The van der Waals surface area contributed by atoms with Crippen LogP contribution < -0.4 is 10.1 Å². The lowest BCUT2D eigenvalue weighted by atomic mass is 10.0. The predicted octanol–water partition coefficient (Wildman–Crippen LogP) is 5.24. The van der Waals surface area contributed by atoms with Gasteiger partial charge in [0.25, 0.3) is 5.91 Å². The van der Waals surface area contributed by atoms with E-state index in [2.05, 4.69) is 5.32 Å². The van der Waals surface area contributed by atoms with E-state index < -0.39 is 17.5 Å². The maximum atomic E-state index is 14.5. The first-order valence-electron chi connectivity index (χ1n) is 8.68. The number of halogens is 2. The van der Waals surface area contributed by atoms with Crippen molar-refractivity contribution in [3.8, 4) is 28.6 Å². The van der Waals surface area contributed by atoms with Crippen LogP contribution in [0.2, 0.25) is 0 Å². The zero-order valence-corrected chi connectivity index (χ0v) is 15.2. The van der Waals surface area contributed by atoms with Crippen LogP contribution in [0.15, 0.2) is 65.1 Å². The zero-order chi connectivity index (χ0) is 20.5. The number of hydrogen-bond acceptors (Lipinski definition) is 4. The summed E-state index contributed by atoms with van der Waals surface area (Å²) in [5.74, 6) is -1.29. The van der Waals surface area contributed by atoms with Gasteiger partial charge in [0, 0.05) is 12.6 Å². The molecule has 0 aliphatic heterocycles. The van der Waals surface area contributed by atoms with Crippen molar-refractivity contribution in [3.05, 3.63) is 77.9 Å². The SMILES string of the molecule is CNC(=O)c1c(-c2ccc(Oc3ccc(F)cc3)cc2)oc2ccc(O)c(F)c12. The van der Waals surface area contributed by atoms with E-state index in [1.54, 1.807) is 24.3 Å². The quantitative estimate of drug-likeness (QED) is 0.496. The predicted molar refractivity (Wildman–Crippen MR) is 103 cm³/mol. The molecule has 5 nitrogen and oxygen atoms in total. The molecule has 1 amide bonds. The third-order valence-electron chi connectivity index (χ3n) is 4.39. The average molecular weight is 395 g/mol. The number of ether oxygens (including phenoxy) is 1. The first kappa shape index (κ1) is 18.5. The van der Waals surface area contributed by atoms with Crippen LogP contribution in [-0.4, -0.2) is 18.1 Å². The van der Waals surface area contributed by atoms with Gasteiger partial charge in [-0.3, -0.25) is 4.79 Å². The highest BCUT2D eigenvalue weighted by Gasteiger charge is 2.25. The Hall–Kier alpha value is -3.87. The smallest absolute Gasteiger partial charge is 0.255 e. The second-order valence-electron chi connectivity index (χ2n) is 6.24. The number of carbonyl (C=O) groups is 1. The molecule has 0 bridgehead atoms. The molecule has 0 atom stereocenters. The summed E-state index contributed by atoms with van der Waals surface area (Å²) < 4.78 is 38.8. The molecule has 2 N–H and O–H groups in total. The molecule has 7 heteroatoms. The van der Waals surface area contributed by atoms with Gasteiger partial charge in [-0.15, -0.1) is 0 Å². The van der Waals surface area contributed by atoms with Crippen LogP contribution in [0.4, 0.5) is 8.78 Å². The minimum atomic E-state index is -0.924. The van der Waals surface area contributed by atoms with Gasteiger partial charge in [0.2, 0.25) is 0 Å². The van der Waals surface area contributed by atoms with Gasteiger partial charge in [-0.1, -0.05) is 0 Å². The van der Waals surface area contributed by atoms with Gasteiger partial charge < -0.3 is 19.6 Å². The van der Waals surface area contributed by atoms with Gasteiger partial charge in [0.1, 0.15) is 28.7 Å². The summed E-state index contributed by atoms with van der Waals surface area (Å²) >= 11 is 0. The molecule has 1 heterocycles. The maximum Gasteiger partial charge on any atom is 0.255 e. The van der Waals surface area contributed by atoms with Crippen LogP contribution in [0.25, 0.3) is 22.3 Å². The first-order chi connectivity index (χ1) is 14.0. The van der Waals surface area contributed by atoms with E-state index in [1.165, 1.54) is 37.4 Å². The monoisotopic (exact) mass is 395 g/mol. The number of benzene rings is 3. The molecule has 0 radical (unpaired) electrons. The molecule has 0 fully saturated rings. The highest BCUT2D eigenvalue weighted by Crippen LogP contribution is 2.38. The van der Waals surface area contributed by atoms with E-state index >= 15 is 0 Å². The Kier molecular flexibility index (Phi) is 4.64. The number of furan rings is 1. The van der Waals surface area contributed by atoms with Crippen molar-refractivity contribution in [3.63, 3.8) is 0 Å². The Morgan fingerprint density at radius 2 is 1.59 bits per heavy atom. The molecule has 0 spiro atoms. The van der Waals surface area contributed by atoms with Crippen LogP contribution in [0, 0.1) is 11.6 Å². The van der Waals surface area contributed by atoms with Crippen LogP contribution in [-0.2, 0) is 0 Å². The number of rotatable bonds is 4. The fourth-order valence-electron chi connectivity index (χ4n) is 3.00. The fourth-order valence-corrected chi connectivity index (χ4v) is 3.00. The fraction of sp³-hybridized carbons (Fsp3) is 0.0455. The summed E-state index contributed by atoms with van der Waals surface area (Å²) in [4.78, 5) is 12.4. The summed E-state index contributed by atoms with van der Waals surface area (Å²) in [7, 11) is 1.42. The normalized spacial score (nSPS) is 10.9. The Labute approximate surface area is 164 Å². The van der Waals surface area contributed by atoms with Gasteiger partial charge in [-0.2, -0.15) is 0 Å². The maximum absolute atomic E-state index is 14.5. The van der Waals surface area contributed by atoms with Crippen molar-refractivity contribution in [1.29, 1.82) is 0 Å². The van der Waals surface area contributed by atoms with Crippen molar-refractivity contribution in [2.75, 3.05) is 7.05 Å². The van der Waals surface area contributed by atoms with E-state index in [0.29, 0.717) is 17.1 Å². The second-order valence-corrected chi connectivity index (χ2v) is 6.24. The molecular formula is C22H15F2NO4. The van der Waals surface area contributed by atoms with Crippen molar-refractivity contribution in [2.24, 2.45) is 0 Å². The molecule has 0 aliphatic rings. The van der Waals surface area contributed by atoms with Crippen molar-refractivity contribution < 1.29 is 27.8 Å². The number of carbonyl (C=O) groups excluding carboxylic acids is 1. The molecule has 1 aromatic heterocycles. The molecule has 0 aliphatic carbocycles. The largest absolute Gasteiger partial charge is 0.505 e. The Morgan fingerprint density at radius 1 is 0.966 bits per heavy atom. The van der Waals surface area contributed by atoms with E-state index in [0.717, 1.165) is 6.07 Å². The Morgan fingerprint density at radius 3 is 2.21 bits per heavy atom. The van der Waals surface area contributed by atoms with Gasteiger partial charge in [-0.25, -0.2) is 8.78 Å². The number of nitrogens with one attached hydrogen (secondary N) is 1. The van der Waals surface area contributed by atoms with Crippen LogP contribution >= 0.6 is 0 Å². The number of phenolic OH excluding ortho intramolecular Hbond substituents is 1. The average Bonchev–Trinajstić information content (AvgIpc) is 3.13. The highest BCUT2D eigenvalue weighted by atomic mass is 19.1. The Balaban J connectivity index is 1.75. The number of hydrogen-bond donors (Lipinski definition) is 2. The Bertz CT molecular complexity index is 1200. The number of phenols is 1. The molecule has 29 heavy (non-hydrogen) atoms. The first-order valence-corrected chi connectivity index (χ1v) is 8.68. The summed E-state index contributed by atoms with van der Waals surface area (Å²) in [5.41, 5.74) is 0.647. The van der Waals surface area contributed by atoms with Gasteiger partial charge in [0.15, 0.2) is 11.6 Å². The minimum absolute atomic E-state index is 0.0110. The number of aromatic hydroxyl groups is 1. The van der Waals surface area contributed by atoms with E-state index in [-0.39, 0.29) is 28.1 Å². The van der Waals surface area contributed by atoms with Crippen LogP contribution in [0.1, 0.15) is 10.4 Å². The molecule has 4 rings (SSSR count). The minimum Gasteiger partial charge on any atom is -0.505 e. The standard InChI is InChI=1S/C22H15F2NO4/c1-25-22(27)19-18-17(11-10-16(26)20(18)24)29-21(19)12-2-6-14(7-3-12)28-15-8-4-13(23)5-9-15/h2-11,26H,1H3,(H,25,27). The third kappa shape index (κ3) is 3.38. The van der Waals surface area contributed by atoms with Gasteiger partial charge in [0.05, 0.1) is 10.9 Å². The second kappa shape index (κ2) is 7.27. The lowest BCUT2D eigenvalue weighted by molar-refractivity contribution is 0.0964. The topological polar surface area (TPSA) is 71.7 Å². The molecule has 0 saturated carbocycles. The van der Waals surface area contributed by atoms with Crippen molar-refractivity contribution in [2.45, 2.75) is 0 Å². The van der Waals surface area contributed by atoms with Crippen LogP contribution in [0.3, 0.4) is 0 Å². The van der Waals surface area contributed by atoms with E-state index in [4.69, 9.17) is 9.15 Å². The van der Waals surface area contributed by atoms with Crippen LogP contribution in [0.5, 0.6) is 17.2 Å². The van der Waals surface area contributed by atoms with Gasteiger partial charge >= 0.3 is 0 Å². The number of fused-ring (bicyclic) bond motifs is 1. The van der Waals surface area contributed by atoms with Gasteiger partial charge in [-0.05, 0) is 60.7 Å². The lowest BCUT2D eigenvalue weighted by Gasteiger charge is -2.07. The molecule has 0 saturated heterocycles. The summed E-state index contributed by atoms with van der Waals surface area (Å²) in [6.45, 7) is 0. The molecule has 146 valence electrons. The van der Waals surface area contributed by atoms with Crippen molar-refractivity contribution >= 4 is 16.9 Å². The number of amides is 1. The summed E-state index contributed by atoms with van der Waals surface area (Å²) in [5, 5.41) is 12.1.